The summed E-state index contributed by atoms with van der Waals surface area (Å²) in [7, 11) is 0. The Bertz CT molecular complexity index is 676. The van der Waals surface area contributed by atoms with E-state index in [1.165, 1.54) is 0 Å². The van der Waals surface area contributed by atoms with E-state index in [1.54, 1.807) is 23.1 Å². The Balaban J connectivity index is 1.73. The van der Waals surface area contributed by atoms with Crippen LogP contribution in [0, 0.1) is 0 Å². The zero-order valence-electron chi connectivity index (χ0n) is 10.7. The monoisotopic (exact) mass is 337 g/mol. The molecule has 0 bridgehead atoms. The molecule has 0 aliphatic carbocycles. The number of halogens is 1. The van der Waals surface area contributed by atoms with E-state index in [4.69, 9.17) is 8.94 Å². The van der Waals surface area contributed by atoms with Crippen LogP contribution < -0.4 is 0 Å². The highest BCUT2D eigenvalue weighted by atomic mass is 79.9. The lowest BCUT2D eigenvalue weighted by atomic mass is 10.3. The summed E-state index contributed by atoms with van der Waals surface area (Å²) in [6.07, 6.45) is 4.37. The largest absolute Gasteiger partial charge is 0.459 e. The molecule has 8 heteroatoms. The van der Waals surface area contributed by atoms with Crippen molar-refractivity contribution in [1.82, 2.24) is 25.1 Å². The predicted molar refractivity (Wildman–Crippen MR) is 73.1 cm³/mol. The van der Waals surface area contributed by atoms with Crippen molar-refractivity contribution in [2.45, 2.75) is 24.7 Å². The highest BCUT2D eigenvalue weighted by molar-refractivity contribution is 9.09. The van der Waals surface area contributed by atoms with Gasteiger partial charge in [-0.15, -0.1) is 5.10 Å². The second-order valence-corrected chi connectivity index (χ2v) is 5.32. The van der Waals surface area contributed by atoms with Crippen LogP contribution in [0.3, 0.4) is 0 Å². The lowest BCUT2D eigenvalue weighted by Crippen LogP contribution is -2.02. The molecule has 0 fully saturated rings. The number of furan rings is 1. The van der Waals surface area contributed by atoms with E-state index in [0.717, 1.165) is 12.1 Å². The van der Waals surface area contributed by atoms with Gasteiger partial charge < -0.3 is 8.94 Å². The summed E-state index contributed by atoms with van der Waals surface area (Å²) >= 11 is 3.54. The molecular formula is C12H12BrN5O2. The summed E-state index contributed by atoms with van der Waals surface area (Å²) in [5.41, 5.74) is 0.891. The van der Waals surface area contributed by atoms with Gasteiger partial charge in [0.25, 0.3) is 5.89 Å². The topological polar surface area (TPSA) is 82.8 Å². The summed E-state index contributed by atoms with van der Waals surface area (Å²) in [6.45, 7) is 2.48. The maximum absolute atomic E-state index is 5.20. The third-order valence-electron chi connectivity index (χ3n) is 2.74. The van der Waals surface area contributed by atoms with Crippen LogP contribution >= 0.6 is 15.9 Å². The second kappa shape index (κ2) is 5.58. The van der Waals surface area contributed by atoms with E-state index < -0.39 is 0 Å². The maximum Gasteiger partial charge on any atom is 0.293 e. The SMILES string of the molecule is CCC(Br)c1cn(Cc2noc(-c3ccco3)n2)nn1. The maximum atomic E-state index is 5.20. The van der Waals surface area contributed by atoms with Gasteiger partial charge in [0.15, 0.2) is 11.6 Å². The zero-order valence-corrected chi connectivity index (χ0v) is 12.3. The number of alkyl halides is 1. The average Bonchev–Trinajstić information content (AvgIpc) is 3.19. The standard InChI is InChI=1S/C12H12BrN5O2/c1-2-8(13)9-6-18(17-15-9)7-11-14-12(20-16-11)10-4-3-5-19-10/h3-6,8H,2,7H2,1H3. The van der Waals surface area contributed by atoms with Crippen LogP contribution in [-0.4, -0.2) is 25.1 Å². The van der Waals surface area contributed by atoms with Crippen molar-refractivity contribution in [3.05, 3.63) is 36.1 Å². The van der Waals surface area contributed by atoms with Gasteiger partial charge in [-0.25, -0.2) is 4.68 Å². The van der Waals surface area contributed by atoms with Crippen molar-refractivity contribution in [2.75, 3.05) is 0 Å². The van der Waals surface area contributed by atoms with Gasteiger partial charge in [0, 0.05) is 0 Å². The minimum Gasteiger partial charge on any atom is -0.459 e. The molecule has 3 rings (SSSR count). The molecule has 0 aromatic carbocycles. The van der Waals surface area contributed by atoms with Crippen LogP contribution in [0.2, 0.25) is 0 Å². The first kappa shape index (κ1) is 13.0. The van der Waals surface area contributed by atoms with Gasteiger partial charge >= 0.3 is 0 Å². The molecule has 0 aliphatic heterocycles. The third-order valence-corrected chi connectivity index (χ3v) is 3.86. The Kier molecular flexibility index (Phi) is 3.64. The normalized spacial score (nSPS) is 12.7. The number of aromatic nitrogens is 5. The molecule has 3 aromatic heterocycles. The second-order valence-electron chi connectivity index (χ2n) is 4.21. The van der Waals surface area contributed by atoms with Crippen molar-refractivity contribution >= 4 is 15.9 Å². The lowest BCUT2D eigenvalue weighted by molar-refractivity contribution is 0.406. The van der Waals surface area contributed by atoms with Crippen LogP contribution in [-0.2, 0) is 6.54 Å². The third kappa shape index (κ3) is 2.64. The smallest absolute Gasteiger partial charge is 0.293 e. The van der Waals surface area contributed by atoms with Gasteiger partial charge in [0.05, 0.1) is 23.0 Å². The molecule has 104 valence electrons. The molecule has 0 amide bonds. The van der Waals surface area contributed by atoms with Gasteiger partial charge in [-0.3, -0.25) is 0 Å². The molecule has 3 heterocycles. The molecule has 0 N–H and O–H groups in total. The molecule has 0 spiro atoms. The van der Waals surface area contributed by atoms with Gasteiger partial charge in [0.1, 0.15) is 6.54 Å². The molecule has 0 saturated carbocycles. The molecule has 1 unspecified atom stereocenters. The molecular weight excluding hydrogens is 326 g/mol. The minimum atomic E-state index is 0.209. The molecule has 0 radical (unpaired) electrons. The lowest BCUT2D eigenvalue weighted by Gasteiger charge is -1.98. The molecule has 7 nitrogen and oxygen atoms in total. The van der Waals surface area contributed by atoms with Gasteiger partial charge in [0.2, 0.25) is 0 Å². The first-order valence-corrected chi connectivity index (χ1v) is 7.08. The summed E-state index contributed by atoms with van der Waals surface area (Å²) in [6, 6.07) is 3.53. The van der Waals surface area contributed by atoms with Crippen molar-refractivity contribution in [3.63, 3.8) is 0 Å². The Morgan fingerprint density at radius 1 is 1.45 bits per heavy atom. The van der Waals surface area contributed by atoms with E-state index >= 15 is 0 Å². The highest BCUT2D eigenvalue weighted by Crippen LogP contribution is 2.23. The predicted octanol–water partition coefficient (Wildman–Crippen LogP) is 2.82. The number of rotatable bonds is 5. The fourth-order valence-electron chi connectivity index (χ4n) is 1.71. The van der Waals surface area contributed by atoms with Crippen LogP contribution in [0.5, 0.6) is 0 Å². The summed E-state index contributed by atoms with van der Waals surface area (Å²) in [5, 5.41) is 12.0. The first-order chi connectivity index (χ1) is 9.76. The average molecular weight is 338 g/mol. The van der Waals surface area contributed by atoms with Crippen molar-refractivity contribution < 1.29 is 8.94 Å². The van der Waals surface area contributed by atoms with E-state index in [2.05, 4.69) is 43.3 Å². The molecule has 3 aromatic rings. The molecule has 0 saturated heterocycles. The fraction of sp³-hybridized carbons (Fsp3) is 0.333. The fourth-order valence-corrected chi connectivity index (χ4v) is 1.92. The van der Waals surface area contributed by atoms with Crippen molar-refractivity contribution in [1.29, 1.82) is 0 Å². The Morgan fingerprint density at radius 2 is 2.35 bits per heavy atom. The molecule has 1 atom stereocenters. The van der Waals surface area contributed by atoms with E-state index in [0.29, 0.717) is 24.0 Å². The van der Waals surface area contributed by atoms with Crippen LogP contribution in [0.4, 0.5) is 0 Å². The van der Waals surface area contributed by atoms with E-state index in [9.17, 15) is 0 Å². The Hall–Kier alpha value is -1.96. The molecule has 20 heavy (non-hydrogen) atoms. The van der Waals surface area contributed by atoms with Crippen molar-refractivity contribution in [2.24, 2.45) is 0 Å². The van der Waals surface area contributed by atoms with Gasteiger partial charge in [-0.1, -0.05) is 33.2 Å². The Morgan fingerprint density at radius 3 is 3.10 bits per heavy atom. The zero-order chi connectivity index (χ0) is 13.9. The van der Waals surface area contributed by atoms with Gasteiger partial charge in [-0.2, -0.15) is 4.98 Å². The van der Waals surface area contributed by atoms with Crippen LogP contribution in [0.15, 0.2) is 33.5 Å². The van der Waals surface area contributed by atoms with E-state index in [-0.39, 0.29) is 4.83 Å². The van der Waals surface area contributed by atoms with Crippen LogP contribution in [0.25, 0.3) is 11.7 Å². The number of nitrogens with zero attached hydrogens (tertiary/aromatic N) is 5. The number of hydrogen-bond acceptors (Lipinski definition) is 6. The number of hydrogen-bond donors (Lipinski definition) is 0. The Labute approximate surface area is 123 Å². The summed E-state index contributed by atoms with van der Waals surface area (Å²) < 4.78 is 12.0. The quantitative estimate of drug-likeness (QED) is 0.665. The highest BCUT2D eigenvalue weighted by Gasteiger charge is 2.13. The van der Waals surface area contributed by atoms with Gasteiger partial charge in [-0.05, 0) is 18.6 Å². The van der Waals surface area contributed by atoms with E-state index in [1.807, 2.05) is 6.20 Å². The molecule has 0 aliphatic rings. The first-order valence-electron chi connectivity index (χ1n) is 6.17. The van der Waals surface area contributed by atoms with Crippen molar-refractivity contribution in [3.8, 4) is 11.7 Å². The van der Waals surface area contributed by atoms with Crippen LogP contribution in [0.1, 0.15) is 29.7 Å². The summed E-state index contributed by atoms with van der Waals surface area (Å²) in [4.78, 5) is 4.46. The summed E-state index contributed by atoms with van der Waals surface area (Å²) in [5.74, 6) is 1.43. The minimum absolute atomic E-state index is 0.209.